The Hall–Kier alpha value is -1.39. The first kappa shape index (κ1) is 13.1. The van der Waals surface area contributed by atoms with Gasteiger partial charge in [0.15, 0.2) is 0 Å². The molecule has 0 saturated heterocycles. The second-order valence-electron chi connectivity index (χ2n) is 4.78. The average Bonchev–Trinajstić information content (AvgIpc) is 2.76. The monoisotopic (exact) mass is 248 g/mol. The van der Waals surface area contributed by atoms with Gasteiger partial charge in [-0.1, -0.05) is 19.4 Å². The Morgan fingerprint density at radius 1 is 1.44 bits per heavy atom. The molecule has 1 aromatic carbocycles. The third-order valence-electron chi connectivity index (χ3n) is 3.11. The Bertz CT molecular complexity index is 432. The molecule has 3 N–H and O–H groups in total. The number of benzene rings is 1. The molecule has 0 fully saturated rings. The molecule has 0 bridgehead atoms. The van der Waals surface area contributed by atoms with Crippen LogP contribution in [0.2, 0.25) is 0 Å². The molecule has 1 atom stereocenters. The Morgan fingerprint density at radius 2 is 2.22 bits per heavy atom. The standard InChI is InChI=1S/C14H20N2O2/c1-2-3-12(15)7-14(17)16-13-5-4-10-8-18-9-11(10)6-13/h4-6,12H,2-3,7-9,15H2,1H3,(H,16,17). The third-order valence-corrected chi connectivity index (χ3v) is 3.11. The van der Waals surface area contributed by atoms with E-state index < -0.39 is 0 Å². The Kier molecular flexibility index (Phi) is 4.33. The summed E-state index contributed by atoms with van der Waals surface area (Å²) >= 11 is 0. The fourth-order valence-corrected chi connectivity index (χ4v) is 2.17. The molecule has 2 rings (SSSR count). The van der Waals surface area contributed by atoms with Crippen LogP contribution in [-0.4, -0.2) is 11.9 Å². The van der Waals surface area contributed by atoms with Crippen LogP contribution in [0.3, 0.4) is 0 Å². The van der Waals surface area contributed by atoms with Gasteiger partial charge >= 0.3 is 0 Å². The van der Waals surface area contributed by atoms with E-state index in [4.69, 9.17) is 10.5 Å². The zero-order valence-corrected chi connectivity index (χ0v) is 10.7. The number of carbonyl (C=O) groups is 1. The van der Waals surface area contributed by atoms with Crippen molar-refractivity contribution in [1.29, 1.82) is 0 Å². The van der Waals surface area contributed by atoms with Crippen LogP contribution in [-0.2, 0) is 22.7 Å². The number of hydrogen-bond donors (Lipinski definition) is 2. The van der Waals surface area contributed by atoms with Gasteiger partial charge in [-0.2, -0.15) is 0 Å². The molecular weight excluding hydrogens is 228 g/mol. The van der Waals surface area contributed by atoms with Gasteiger partial charge in [0.25, 0.3) is 0 Å². The molecule has 18 heavy (non-hydrogen) atoms. The predicted octanol–water partition coefficient (Wildman–Crippen LogP) is 2.17. The van der Waals surface area contributed by atoms with Gasteiger partial charge < -0.3 is 15.8 Å². The van der Waals surface area contributed by atoms with E-state index in [1.165, 1.54) is 5.56 Å². The molecule has 0 saturated carbocycles. The number of rotatable bonds is 5. The quantitative estimate of drug-likeness (QED) is 0.839. The fourth-order valence-electron chi connectivity index (χ4n) is 2.17. The molecule has 4 heteroatoms. The molecule has 0 aromatic heterocycles. The van der Waals surface area contributed by atoms with Gasteiger partial charge in [0.05, 0.1) is 13.2 Å². The second kappa shape index (κ2) is 5.98. The highest BCUT2D eigenvalue weighted by Crippen LogP contribution is 2.23. The van der Waals surface area contributed by atoms with Crippen LogP contribution >= 0.6 is 0 Å². The highest BCUT2D eigenvalue weighted by molar-refractivity contribution is 5.91. The van der Waals surface area contributed by atoms with E-state index in [1.54, 1.807) is 0 Å². The van der Waals surface area contributed by atoms with Crippen molar-refractivity contribution in [3.8, 4) is 0 Å². The van der Waals surface area contributed by atoms with Crippen LogP contribution in [0, 0.1) is 0 Å². The van der Waals surface area contributed by atoms with Crippen molar-refractivity contribution in [2.24, 2.45) is 5.73 Å². The number of anilines is 1. The molecule has 1 unspecified atom stereocenters. The minimum Gasteiger partial charge on any atom is -0.372 e. The zero-order chi connectivity index (χ0) is 13.0. The number of hydrogen-bond acceptors (Lipinski definition) is 3. The summed E-state index contributed by atoms with van der Waals surface area (Å²) in [4.78, 5) is 11.8. The number of nitrogens with two attached hydrogens (primary N) is 1. The number of amides is 1. The maximum Gasteiger partial charge on any atom is 0.225 e. The van der Waals surface area contributed by atoms with E-state index in [9.17, 15) is 4.79 Å². The van der Waals surface area contributed by atoms with Crippen molar-refractivity contribution in [2.45, 2.75) is 45.4 Å². The molecule has 1 aliphatic heterocycles. The first-order chi connectivity index (χ1) is 8.69. The Labute approximate surface area is 108 Å². The summed E-state index contributed by atoms with van der Waals surface area (Å²) in [5.41, 5.74) is 9.04. The smallest absolute Gasteiger partial charge is 0.225 e. The summed E-state index contributed by atoms with van der Waals surface area (Å²) in [6, 6.07) is 5.85. The first-order valence-electron chi connectivity index (χ1n) is 6.44. The van der Waals surface area contributed by atoms with Gasteiger partial charge in [0, 0.05) is 18.2 Å². The Balaban J connectivity index is 1.91. The summed E-state index contributed by atoms with van der Waals surface area (Å²) in [5.74, 6) is -0.0187. The molecule has 0 radical (unpaired) electrons. The minimum absolute atomic E-state index is 0.0187. The first-order valence-corrected chi connectivity index (χ1v) is 6.44. The largest absolute Gasteiger partial charge is 0.372 e. The molecule has 1 aromatic rings. The molecule has 1 aliphatic rings. The summed E-state index contributed by atoms with van der Waals surface area (Å²) in [6.45, 7) is 3.37. The van der Waals surface area contributed by atoms with E-state index in [-0.39, 0.29) is 11.9 Å². The highest BCUT2D eigenvalue weighted by Gasteiger charge is 2.13. The van der Waals surface area contributed by atoms with E-state index in [0.717, 1.165) is 24.1 Å². The maximum atomic E-state index is 11.8. The van der Waals surface area contributed by atoms with Crippen molar-refractivity contribution in [1.82, 2.24) is 0 Å². The van der Waals surface area contributed by atoms with Crippen molar-refractivity contribution >= 4 is 11.6 Å². The fraction of sp³-hybridized carbons (Fsp3) is 0.500. The van der Waals surface area contributed by atoms with Crippen LogP contribution in [0.4, 0.5) is 5.69 Å². The van der Waals surface area contributed by atoms with Crippen LogP contribution in [0.15, 0.2) is 18.2 Å². The predicted molar refractivity (Wildman–Crippen MR) is 71.1 cm³/mol. The van der Waals surface area contributed by atoms with E-state index >= 15 is 0 Å². The molecule has 1 amide bonds. The summed E-state index contributed by atoms with van der Waals surface area (Å²) in [6.07, 6.45) is 2.26. The van der Waals surface area contributed by atoms with Gasteiger partial charge in [0.1, 0.15) is 0 Å². The van der Waals surface area contributed by atoms with Crippen molar-refractivity contribution in [2.75, 3.05) is 5.32 Å². The van der Waals surface area contributed by atoms with E-state index in [2.05, 4.69) is 12.2 Å². The number of ether oxygens (including phenoxy) is 1. The second-order valence-corrected chi connectivity index (χ2v) is 4.78. The Morgan fingerprint density at radius 3 is 3.00 bits per heavy atom. The van der Waals surface area contributed by atoms with Crippen LogP contribution in [0.1, 0.15) is 37.3 Å². The molecule has 1 heterocycles. The van der Waals surface area contributed by atoms with Crippen LogP contribution in [0.25, 0.3) is 0 Å². The normalized spacial score (nSPS) is 15.2. The molecule has 4 nitrogen and oxygen atoms in total. The molecular formula is C14H20N2O2. The van der Waals surface area contributed by atoms with Crippen molar-refractivity contribution in [3.63, 3.8) is 0 Å². The highest BCUT2D eigenvalue weighted by atomic mass is 16.5. The number of fused-ring (bicyclic) bond motifs is 1. The summed E-state index contributed by atoms with van der Waals surface area (Å²) in [5, 5.41) is 2.89. The summed E-state index contributed by atoms with van der Waals surface area (Å²) in [7, 11) is 0. The van der Waals surface area contributed by atoms with Gasteiger partial charge in [-0.15, -0.1) is 0 Å². The maximum absolute atomic E-state index is 11.8. The van der Waals surface area contributed by atoms with Gasteiger partial charge in [0.2, 0.25) is 5.91 Å². The van der Waals surface area contributed by atoms with Gasteiger partial charge in [-0.05, 0) is 29.7 Å². The van der Waals surface area contributed by atoms with E-state index in [1.807, 2.05) is 18.2 Å². The van der Waals surface area contributed by atoms with Crippen molar-refractivity contribution < 1.29 is 9.53 Å². The summed E-state index contributed by atoms with van der Waals surface area (Å²) < 4.78 is 5.34. The van der Waals surface area contributed by atoms with E-state index in [0.29, 0.717) is 19.6 Å². The lowest BCUT2D eigenvalue weighted by Crippen LogP contribution is -2.26. The lowest BCUT2D eigenvalue weighted by molar-refractivity contribution is -0.116. The average molecular weight is 248 g/mol. The van der Waals surface area contributed by atoms with Crippen LogP contribution in [0.5, 0.6) is 0 Å². The van der Waals surface area contributed by atoms with Gasteiger partial charge in [-0.25, -0.2) is 0 Å². The third kappa shape index (κ3) is 3.31. The zero-order valence-electron chi connectivity index (χ0n) is 10.7. The van der Waals surface area contributed by atoms with Crippen LogP contribution < -0.4 is 11.1 Å². The van der Waals surface area contributed by atoms with Crippen molar-refractivity contribution in [3.05, 3.63) is 29.3 Å². The number of carbonyl (C=O) groups excluding carboxylic acids is 1. The number of nitrogens with one attached hydrogen (secondary N) is 1. The lowest BCUT2D eigenvalue weighted by atomic mass is 10.1. The SMILES string of the molecule is CCCC(N)CC(=O)Nc1ccc2c(c1)COC2. The topological polar surface area (TPSA) is 64.4 Å². The minimum atomic E-state index is -0.0484. The van der Waals surface area contributed by atoms with Gasteiger partial charge in [-0.3, -0.25) is 4.79 Å². The molecule has 0 spiro atoms. The lowest BCUT2D eigenvalue weighted by Gasteiger charge is -2.11. The molecule has 98 valence electrons. The molecule has 0 aliphatic carbocycles.